The monoisotopic (exact) mass is 280 g/mol. The molecule has 1 N–H and O–H groups in total. The van der Waals surface area contributed by atoms with Crippen LogP contribution < -0.4 is 0 Å². The minimum absolute atomic E-state index is 0.121. The van der Waals surface area contributed by atoms with Gasteiger partial charge in [0, 0.05) is 24.7 Å². The summed E-state index contributed by atoms with van der Waals surface area (Å²) in [6, 6.07) is 7.66. The average molecular weight is 281 g/mol. The second-order valence-corrected chi connectivity index (χ2v) is 5.29. The van der Waals surface area contributed by atoms with Gasteiger partial charge in [-0.25, -0.2) is 4.79 Å². The molecule has 0 spiro atoms. The number of halogens is 1. The van der Waals surface area contributed by atoms with Crippen LogP contribution >= 0.6 is 11.6 Å². The van der Waals surface area contributed by atoms with Crippen LogP contribution in [0.4, 0.5) is 0 Å². The Morgan fingerprint density at radius 1 is 1.42 bits per heavy atom. The lowest BCUT2D eigenvalue weighted by atomic mass is 10.0. The highest BCUT2D eigenvalue weighted by atomic mass is 35.5. The van der Waals surface area contributed by atoms with Gasteiger partial charge in [-0.1, -0.05) is 28.9 Å². The molecule has 100 valence electrons. The molecule has 19 heavy (non-hydrogen) atoms. The third-order valence-corrected chi connectivity index (χ3v) is 3.77. The van der Waals surface area contributed by atoms with Crippen LogP contribution in [0.5, 0.6) is 0 Å². The number of oxime groups is 1. The molecule has 2 aliphatic rings. The molecule has 0 saturated carbocycles. The summed E-state index contributed by atoms with van der Waals surface area (Å²) in [6.45, 7) is 2.13. The number of carboxylic acid groups (broad SMARTS) is 1. The molecule has 0 radical (unpaired) electrons. The highest BCUT2D eigenvalue weighted by molar-refractivity contribution is 6.36. The Balaban J connectivity index is 1.65. The molecule has 0 bridgehead atoms. The van der Waals surface area contributed by atoms with Crippen molar-refractivity contribution in [2.75, 3.05) is 13.1 Å². The van der Waals surface area contributed by atoms with E-state index in [9.17, 15) is 4.79 Å². The zero-order chi connectivity index (χ0) is 13.4. The molecule has 2 heterocycles. The van der Waals surface area contributed by atoms with Crippen LogP contribution in [0, 0.1) is 5.92 Å². The number of hydrogen-bond donors (Lipinski definition) is 1. The van der Waals surface area contributed by atoms with Crippen molar-refractivity contribution >= 4 is 23.3 Å². The van der Waals surface area contributed by atoms with Crippen LogP contribution in [-0.4, -0.2) is 40.9 Å². The predicted molar refractivity (Wildman–Crippen MR) is 70.2 cm³/mol. The van der Waals surface area contributed by atoms with Crippen molar-refractivity contribution in [3.05, 3.63) is 34.9 Å². The zero-order valence-corrected chi connectivity index (χ0v) is 10.9. The number of benzene rings is 1. The van der Waals surface area contributed by atoms with Crippen molar-refractivity contribution in [3.8, 4) is 0 Å². The minimum Gasteiger partial charge on any atom is -0.477 e. The number of carboxylic acids is 1. The van der Waals surface area contributed by atoms with Crippen molar-refractivity contribution in [3.63, 3.8) is 0 Å². The van der Waals surface area contributed by atoms with E-state index in [1.807, 2.05) is 24.3 Å². The second-order valence-electron chi connectivity index (χ2n) is 4.85. The molecule has 5 nitrogen and oxygen atoms in total. The summed E-state index contributed by atoms with van der Waals surface area (Å²) < 4.78 is 0. The third-order valence-electron chi connectivity index (χ3n) is 3.52. The fourth-order valence-corrected chi connectivity index (χ4v) is 2.71. The van der Waals surface area contributed by atoms with Gasteiger partial charge in [-0.2, -0.15) is 0 Å². The lowest BCUT2D eigenvalue weighted by Crippen LogP contribution is -2.27. The van der Waals surface area contributed by atoms with E-state index in [1.54, 1.807) is 0 Å². The van der Waals surface area contributed by atoms with E-state index >= 15 is 0 Å². The maximum absolute atomic E-state index is 11.0. The van der Waals surface area contributed by atoms with Gasteiger partial charge in [0.1, 0.15) is 6.10 Å². The molecular weight excluding hydrogens is 268 g/mol. The van der Waals surface area contributed by atoms with Gasteiger partial charge in [-0.05, 0) is 17.7 Å². The Labute approximate surface area is 115 Å². The first-order valence-corrected chi connectivity index (χ1v) is 6.45. The Morgan fingerprint density at radius 3 is 2.84 bits per heavy atom. The number of aliphatic carboxylic acids is 1. The van der Waals surface area contributed by atoms with Crippen molar-refractivity contribution < 1.29 is 14.7 Å². The molecule has 2 unspecified atom stereocenters. The number of carbonyl (C=O) groups is 1. The van der Waals surface area contributed by atoms with Gasteiger partial charge in [0.25, 0.3) is 0 Å². The van der Waals surface area contributed by atoms with Crippen LogP contribution in [0.25, 0.3) is 0 Å². The molecule has 3 rings (SSSR count). The maximum Gasteiger partial charge on any atom is 0.354 e. The highest BCUT2D eigenvalue weighted by Crippen LogP contribution is 2.28. The van der Waals surface area contributed by atoms with Gasteiger partial charge in [-0.15, -0.1) is 0 Å². The largest absolute Gasteiger partial charge is 0.477 e. The summed E-state index contributed by atoms with van der Waals surface area (Å²) in [5, 5.41) is 13.4. The molecular formula is C13H13ClN2O3. The smallest absolute Gasteiger partial charge is 0.354 e. The van der Waals surface area contributed by atoms with Gasteiger partial charge in [0.2, 0.25) is 0 Å². The van der Waals surface area contributed by atoms with Crippen LogP contribution in [0.1, 0.15) is 5.56 Å². The number of hydrogen-bond acceptors (Lipinski definition) is 4. The highest BCUT2D eigenvalue weighted by Gasteiger charge is 2.44. The maximum atomic E-state index is 11.0. The summed E-state index contributed by atoms with van der Waals surface area (Å²) in [4.78, 5) is 18.4. The minimum atomic E-state index is -0.985. The summed E-state index contributed by atoms with van der Waals surface area (Å²) in [7, 11) is 0. The van der Waals surface area contributed by atoms with Crippen LogP contribution in [0.3, 0.4) is 0 Å². The van der Waals surface area contributed by atoms with E-state index in [0.29, 0.717) is 18.1 Å². The fourth-order valence-electron chi connectivity index (χ4n) is 2.59. The molecule has 2 aliphatic heterocycles. The molecule has 1 aromatic rings. The number of fused-ring (bicyclic) bond motifs is 1. The van der Waals surface area contributed by atoms with Crippen LogP contribution in [-0.2, 0) is 16.2 Å². The van der Waals surface area contributed by atoms with E-state index in [0.717, 1.165) is 12.1 Å². The quantitative estimate of drug-likeness (QED) is 0.914. The molecule has 1 saturated heterocycles. The summed E-state index contributed by atoms with van der Waals surface area (Å²) in [5.74, 6) is -1.11. The van der Waals surface area contributed by atoms with E-state index in [2.05, 4.69) is 10.1 Å². The Hall–Kier alpha value is -1.59. The number of nitrogens with zero attached hydrogens (tertiary/aromatic N) is 2. The van der Waals surface area contributed by atoms with Gasteiger partial charge in [-0.3, -0.25) is 4.90 Å². The van der Waals surface area contributed by atoms with Crippen molar-refractivity contribution in [1.82, 2.24) is 4.90 Å². The summed E-state index contributed by atoms with van der Waals surface area (Å²) in [6.07, 6.45) is -0.126. The molecule has 1 aromatic carbocycles. The average Bonchev–Trinajstić information content (AvgIpc) is 2.91. The topological polar surface area (TPSA) is 62.1 Å². The van der Waals surface area contributed by atoms with Crippen LogP contribution in [0.2, 0.25) is 5.02 Å². The van der Waals surface area contributed by atoms with E-state index in [4.69, 9.17) is 21.5 Å². The van der Waals surface area contributed by atoms with Gasteiger partial charge >= 0.3 is 5.97 Å². The Morgan fingerprint density at radius 2 is 2.16 bits per heavy atom. The normalized spacial score (nSPS) is 25.8. The second kappa shape index (κ2) is 4.83. The van der Waals surface area contributed by atoms with Crippen LogP contribution in [0.15, 0.2) is 29.4 Å². The first-order valence-electron chi connectivity index (χ1n) is 6.07. The van der Waals surface area contributed by atoms with Gasteiger partial charge in [0.15, 0.2) is 5.71 Å². The Bertz CT molecular complexity index is 529. The van der Waals surface area contributed by atoms with E-state index < -0.39 is 5.97 Å². The lowest BCUT2D eigenvalue weighted by Gasteiger charge is -2.15. The van der Waals surface area contributed by atoms with Crippen molar-refractivity contribution in [1.29, 1.82) is 0 Å². The SMILES string of the molecule is O=C(O)C1=NOC2CN(Cc3ccc(Cl)cc3)CC12. The summed E-state index contributed by atoms with van der Waals surface area (Å²) in [5.41, 5.74) is 1.29. The Kier molecular flexibility index (Phi) is 3.16. The van der Waals surface area contributed by atoms with E-state index in [-0.39, 0.29) is 17.7 Å². The first kappa shape index (κ1) is 12.4. The predicted octanol–water partition coefficient (Wildman–Crippen LogP) is 1.61. The summed E-state index contributed by atoms with van der Waals surface area (Å²) >= 11 is 5.85. The number of rotatable bonds is 3. The van der Waals surface area contributed by atoms with Gasteiger partial charge in [0.05, 0.1) is 5.92 Å². The molecule has 0 aromatic heterocycles. The zero-order valence-electron chi connectivity index (χ0n) is 10.1. The third kappa shape index (κ3) is 2.43. The standard InChI is InChI=1S/C13H13ClN2O3/c14-9-3-1-8(2-4-9)5-16-6-10-11(7-16)19-15-12(10)13(17)18/h1-4,10-11H,5-7H2,(H,17,18). The van der Waals surface area contributed by atoms with Gasteiger partial charge < -0.3 is 9.94 Å². The van der Waals surface area contributed by atoms with E-state index in [1.165, 1.54) is 0 Å². The first-order chi connectivity index (χ1) is 9.13. The molecule has 2 atom stereocenters. The molecule has 1 fully saturated rings. The molecule has 6 heteroatoms. The fraction of sp³-hybridized carbons (Fsp3) is 0.385. The number of likely N-dealkylation sites (tertiary alicyclic amines) is 1. The molecule has 0 aliphatic carbocycles. The molecule has 0 amide bonds. The van der Waals surface area contributed by atoms with Crippen molar-refractivity contribution in [2.45, 2.75) is 12.6 Å². The lowest BCUT2D eigenvalue weighted by molar-refractivity contribution is -0.129. The van der Waals surface area contributed by atoms with Crippen molar-refractivity contribution in [2.24, 2.45) is 11.1 Å².